The molecule has 1 aliphatic heterocycles. The van der Waals surface area contributed by atoms with Gasteiger partial charge in [-0.15, -0.1) is 0 Å². The Kier molecular flexibility index (Phi) is 2.89. The molecule has 5 nitrogen and oxygen atoms in total. The molecule has 1 fully saturated rings. The van der Waals surface area contributed by atoms with Gasteiger partial charge in [-0.1, -0.05) is 13.5 Å². The van der Waals surface area contributed by atoms with Crippen LogP contribution in [0.4, 0.5) is 4.79 Å². The van der Waals surface area contributed by atoms with Crippen LogP contribution in [0.2, 0.25) is 0 Å². The van der Waals surface area contributed by atoms with Crippen molar-refractivity contribution in [3.05, 3.63) is 12.7 Å². The van der Waals surface area contributed by atoms with Crippen molar-refractivity contribution in [2.24, 2.45) is 5.92 Å². The lowest BCUT2D eigenvalue weighted by molar-refractivity contribution is -0.191. The molecule has 0 N–H and O–H groups in total. The zero-order chi connectivity index (χ0) is 9.84. The van der Waals surface area contributed by atoms with Crippen LogP contribution in [0.15, 0.2) is 12.7 Å². The average Bonchev–Trinajstić information content (AvgIpc) is 2.11. The molecule has 0 saturated carbocycles. The second-order valence-corrected chi connectivity index (χ2v) is 2.67. The van der Waals surface area contributed by atoms with E-state index in [1.54, 1.807) is 6.92 Å². The summed E-state index contributed by atoms with van der Waals surface area (Å²) < 4.78 is 13.9. The molecular weight excluding hydrogens is 176 g/mol. The van der Waals surface area contributed by atoms with E-state index in [1.807, 2.05) is 0 Å². The lowest BCUT2D eigenvalue weighted by Gasteiger charge is -2.26. The van der Waals surface area contributed by atoms with Crippen LogP contribution in [0.25, 0.3) is 0 Å². The van der Waals surface area contributed by atoms with E-state index in [-0.39, 0.29) is 12.5 Å². The molecule has 0 aromatic heterocycles. The Labute approximate surface area is 75.3 Å². The van der Waals surface area contributed by atoms with E-state index in [4.69, 9.17) is 4.74 Å². The van der Waals surface area contributed by atoms with Gasteiger partial charge in [0, 0.05) is 6.08 Å². The summed E-state index contributed by atoms with van der Waals surface area (Å²) in [5.41, 5.74) is 0. The Bertz CT molecular complexity index is 235. The van der Waals surface area contributed by atoms with Gasteiger partial charge in [-0.25, -0.2) is 9.59 Å². The topological polar surface area (TPSA) is 61.8 Å². The Hall–Kier alpha value is -1.52. The van der Waals surface area contributed by atoms with Crippen molar-refractivity contribution in [1.82, 2.24) is 0 Å². The van der Waals surface area contributed by atoms with E-state index in [2.05, 4.69) is 16.1 Å². The summed E-state index contributed by atoms with van der Waals surface area (Å²) in [5.74, 6) is -0.784. The molecule has 0 bridgehead atoms. The molecule has 72 valence electrons. The number of ether oxygens (including phenoxy) is 3. The van der Waals surface area contributed by atoms with Crippen molar-refractivity contribution < 1.29 is 23.8 Å². The summed E-state index contributed by atoms with van der Waals surface area (Å²) in [7, 11) is 0. The van der Waals surface area contributed by atoms with Crippen LogP contribution in [0.1, 0.15) is 6.92 Å². The van der Waals surface area contributed by atoms with Crippen molar-refractivity contribution in [3.63, 3.8) is 0 Å². The maximum atomic E-state index is 10.8. The van der Waals surface area contributed by atoms with Gasteiger partial charge in [0.05, 0.1) is 5.92 Å². The molecule has 2 atom stereocenters. The van der Waals surface area contributed by atoms with Gasteiger partial charge in [-0.3, -0.25) is 0 Å². The Balaban J connectivity index is 2.50. The minimum absolute atomic E-state index is 0.165. The predicted molar refractivity (Wildman–Crippen MR) is 41.7 cm³/mol. The van der Waals surface area contributed by atoms with Crippen LogP contribution >= 0.6 is 0 Å². The molecule has 0 aromatic rings. The number of carbonyl (C=O) groups excluding carboxylic acids is 2. The number of rotatable bonds is 2. The molecule has 1 aliphatic rings. The quantitative estimate of drug-likeness (QED) is 0.472. The Morgan fingerprint density at radius 3 is 3.08 bits per heavy atom. The smallest absolute Gasteiger partial charge is 0.434 e. The molecule has 2 unspecified atom stereocenters. The fourth-order valence-corrected chi connectivity index (χ4v) is 0.826. The van der Waals surface area contributed by atoms with Crippen LogP contribution in [0.3, 0.4) is 0 Å². The van der Waals surface area contributed by atoms with E-state index < -0.39 is 18.4 Å². The molecule has 1 heterocycles. The largest absolute Gasteiger partial charge is 0.511 e. The lowest BCUT2D eigenvalue weighted by Crippen LogP contribution is -2.38. The number of esters is 1. The summed E-state index contributed by atoms with van der Waals surface area (Å²) in [5, 5.41) is 0. The van der Waals surface area contributed by atoms with Crippen LogP contribution < -0.4 is 0 Å². The van der Waals surface area contributed by atoms with Crippen LogP contribution in [0.5, 0.6) is 0 Å². The molecule has 1 rings (SSSR count). The zero-order valence-electron chi connectivity index (χ0n) is 7.19. The molecule has 0 aromatic carbocycles. The number of hydrogen-bond donors (Lipinski definition) is 0. The third-order valence-electron chi connectivity index (χ3n) is 1.54. The van der Waals surface area contributed by atoms with Gasteiger partial charge < -0.3 is 14.2 Å². The highest BCUT2D eigenvalue weighted by Gasteiger charge is 2.31. The monoisotopic (exact) mass is 186 g/mol. The highest BCUT2D eigenvalue weighted by molar-refractivity contribution is 5.81. The van der Waals surface area contributed by atoms with Crippen molar-refractivity contribution in [2.75, 3.05) is 6.61 Å². The van der Waals surface area contributed by atoms with Gasteiger partial charge in [-0.05, 0) is 0 Å². The molecule has 0 aliphatic carbocycles. The first kappa shape index (κ1) is 9.57. The van der Waals surface area contributed by atoms with Gasteiger partial charge in [0.2, 0.25) is 0 Å². The predicted octanol–water partition coefficient (Wildman–Crippen LogP) is 0.845. The number of hydrogen-bond acceptors (Lipinski definition) is 5. The highest BCUT2D eigenvalue weighted by Crippen LogP contribution is 2.16. The third kappa shape index (κ3) is 2.47. The molecule has 0 amide bonds. The lowest BCUT2D eigenvalue weighted by atomic mass is 10.2. The summed E-state index contributed by atoms with van der Waals surface area (Å²) in [6.07, 6.45) is -0.678. The summed E-state index contributed by atoms with van der Waals surface area (Å²) in [6, 6.07) is 0. The molecular formula is C8H10O5. The molecule has 1 saturated heterocycles. The first-order valence-electron chi connectivity index (χ1n) is 3.80. The van der Waals surface area contributed by atoms with Crippen molar-refractivity contribution in [3.8, 4) is 0 Å². The van der Waals surface area contributed by atoms with Crippen LogP contribution in [-0.4, -0.2) is 25.0 Å². The second kappa shape index (κ2) is 3.93. The fourth-order valence-electron chi connectivity index (χ4n) is 0.826. The average molecular weight is 186 g/mol. The van der Waals surface area contributed by atoms with Crippen LogP contribution in [0, 0.1) is 5.92 Å². The van der Waals surface area contributed by atoms with E-state index in [9.17, 15) is 9.59 Å². The number of cyclic esters (lactones) is 2. The van der Waals surface area contributed by atoms with Crippen molar-refractivity contribution in [2.45, 2.75) is 13.2 Å². The van der Waals surface area contributed by atoms with E-state index in [0.717, 1.165) is 6.08 Å². The van der Waals surface area contributed by atoms with Gasteiger partial charge in [0.1, 0.15) is 6.61 Å². The SMILES string of the molecule is C=CC(=O)OC1OC(=O)OCC1C. The normalized spacial score (nSPS) is 27.0. The fraction of sp³-hybridized carbons (Fsp3) is 0.500. The molecule has 13 heavy (non-hydrogen) atoms. The number of carbonyl (C=O) groups is 2. The van der Waals surface area contributed by atoms with Crippen molar-refractivity contribution in [1.29, 1.82) is 0 Å². The Morgan fingerprint density at radius 2 is 2.46 bits per heavy atom. The maximum absolute atomic E-state index is 10.8. The van der Waals surface area contributed by atoms with Crippen LogP contribution in [-0.2, 0) is 19.0 Å². The first-order valence-corrected chi connectivity index (χ1v) is 3.80. The molecule has 0 radical (unpaired) electrons. The van der Waals surface area contributed by atoms with E-state index in [1.165, 1.54) is 0 Å². The minimum atomic E-state index is -0.869. The summed E-state index contributed by atoms with van der Waals surface area (Å²) in [6.45, 7) is 5.16. The van der Waals surface area contributed by atoms with Crippen molar-refractivity contribution >= 4 is 12.1 Å². The zero-order valence-corrected chi connectivity index (χ0v) is 7.19. The van der Waals surface area contributed by atoms with Gasteiger partial charge in [0.25, 0.3) is 6.29 Å². The Morgan fingerprint density at radius 1 is 1.77 bits per heavy atom. The maximum Gasteiger partial charge on any atom is 0.511 e. The molecule has 5 heteroatoms. The minimum Gasteiger partial charge on any atom is -0.434 e. The van der Waals surface area contributed by atoms with E-state index in [0.29, 0.717) is 0 Å². The standard InChI is InChI=1S/C8H10O5/c1-3-6(9)12-7-5(2)4-11-8(10)13-7/h3,5,7H,1,4H2,2H3. The van der Waals surface area contributed by atoms with Gasteiger partial charge in [0.15, 0.2) is 0 Å². The first-order chi connectivity index (χ1) is 6.13. The third-order valence-corrected chi connectivity index (χ3v) is 1.54. The summed E-state index contributed by atoms with van der Waals surface area (Å²) in [4.78, 5) is 21.4. The molecule has 0 spiro atoms. The summed E-state index contributed by atoms with van der Waals surface area (Å²) >= 11 is 0. The van der Waals surface area contributed by atoms with E-state index >= 15 is 0 Å². The highest BCUT2D eigenvalue weighted by atomic mass is 16.8. The van der Waals surface area contributed by atoms with Gasteiger partial charge in [-0.2, -0.15) is 0 Å². The second-order valence-electron chi connectivity index (χ2n) is 2.67. The van der Waals surface area contributed by atoms with Gasteiger partial charge >= 0.3 is 12.1 Å².